The smallest absolute Gasteiger partial charge is 0.462 e. The summed E-state index contributed by atoms with van der Waals surface area (Å²) in [4.78, 5) is 72.9. The van der Waals surface area contributed by atoms with E-state index >= 15 is 0 Å². The normalized spacial score (nSPS) is 14.6. The molecule has 0 spiro atoms. The molecule has 0 bridgehead atoms. The second-order valence-corrected chi connectivity index (χ2v) is 33.5. The van der Waals surface area contributed by atoms with Gasteiger partial charge in [-0.05, 0) is 49.4 Å². The zero-order chi connectivity index (χ0) is 73.8. The maximum atomic E-state index is 13.1. The quantitative estimate of drug-likeness (QED) is 0.0222. The highest BCUT2D eigenvalue weighted by Gasteiger charge is 2.30. The Balaban J connectivity index is 5.14. The van der Waals surface area contributed by atoms with Crippen LogP contribution in [0.4, 0.5) is 0 Å². The Bertz CT molecular complexity index is 1960. The van der Waals surface area contributed by atoms with Crippen molar-refractivity contribution in [3.05, 3.63) is 0 Å². The molecular weight excluding hydrogens is 1310 g/mol. The Morgan fingerprint density at radius 2 is 0.480 bits per heavy atom. The second kappa shape index (κ2) is 70.1. The summed E-state index contributed by atoms with van der Waals surface area (Å²) < 4.78 is 68.6. The number of esters is 4. The summed E-state index contributed by atoms with van der Waals surface area (Å²) in [7, 11) is -9.92. The van der Waals surface area contributed by atoms with E-state index in [4.69, 9.17) is 37.0 Å². The standard InChI is InChI=1S/C81H158O17P2/c1-9-73(7)59-51-43-37-39-46-54-62-79(84)92-68-76(97-80(85)63-55-47-36-32-28-24-20-16-15-18-22-26-30-34-42-50-58-72(5)6)69-95-99(87,88)93-65-75(82)66-94-100(89,90)96-70-77(98-81(86)64-56-48-40-38-44-52-60-74(8)10-2)67-91-78(83)61-53-45-35-31-27-23-19-14-12-11-13-17-21-25-29-33-41-49-57-71(3)4/h71-77,82H,9-70H2,1-8H3,(H,87,88)(H,89,90)/t73?,74?,75-,76+,77+/m0/s1. The Hall–Kier alpha value is -1.94. The number of hydrogen-bond acceptors (Lipinski definition) is 15. The first-order valence-corrected chi connectivity index (χ1v) is 44.8. The number of rotatable bonds is 78. The summed E-state index contributed by atoms with van der Waals surface area (Å²) in [6.07, 6.45) is 57.2. The molecule has 0 saturated carbocycles. The number of aliphatic hydroxyl groups is 1. The molecule has 7 atom stereocenters. The van der Waals surface area contributed by atoms with E-state index in [0.717, 1.165) is 120 Å². The lowest BCUT2D eigenvalue weighted by atomic mass is 10.00. The van der Waals surface area contributed by atoms with Crippen LogP contribution in [0.15, 0.2) is 0 Å². The fourth-order valence-electron chi connectivity index (χ4n) is 12.4. The average Bonchev–Trinajstić information content (AvgIpc) is 0.924. The molecule has 0 aromatic heterocycles. The van der Waals surface area contributed by atoms with Crippen molar-refractivity contribution < 1.29 is 80.2 Å². The van der Waals surface area contributed by atoms with E-state index in [0.29, 0.717) is 25.7 Å². The Morgan fingerprint density at radius 3 is 0.710 bits per heavy atom. The Kier molecular flexibility index (Phi) is 68.7. The van der Waals surface area contributed by atoms with Gasteiger partial charge in [0.15, 0.2) is 12.2 Å². The number of unbranched alkanes of at least 4 members (excludes halogenated alkanes) is 42. The van der Waals surface area contributed by atoms with Crippen LogP contribution in [0.5, 0.6) is 0 Å². The molecule has 0 aliphatic rings. The van der Waals surface area contributed by atoms with Crippen LogP contribution in [-0.4, -0.2) is 96.7 Å². The first-order chi connectivity index (χ1) is 48.2. The van der Waals surface area contributed by atoms with Gasteiger partial charge < -0.3 is 33.8 Å². The highest BCUT2D eigenvalue weighted by molar-refractivity contribution is 7.47. The monoisotopic (exact) mass is 1470 g/mol. The van der Waals surface area contributed by atoms with Crippen molar-refractivity contribution in [2.75, 3.05) is 39.6 Å². The minimum absolute atomic E-state index is 0.103. The lowest BCUT2D eigenvalue weighted by molar-refractivity contribution is -0.161. The largest absolute Gasteiger partial charge is 0.472 e. The van der Waals surface area contributed by atoms with E-state index in [1.165, 1.54) is 212 Å². The van der Waals surface area contributed by atoms with Gasteiger partial charge in [-0.1, -0.05) is 364 Å². The molecule has 0 saturated heterocycles. The predicted octanol–water partition coefficient (Wildman–Crippen LogP) is 24.0. The molecule has 0 aromatic carbocycles. The van der Waals surface area contributed by atoms with Crippen LogP contribution >= 0.6 is 15.6 Å². The van der Waals surface area contributed by atoms with Crippen molar-refractivity contribution in [2.24, 2.45) is 23.7 Å². The van der Waals surface area contributed by atoms with Gasteiger partial charge in [-0.25, -0.2) is 9.13 Å². The van der Waals surface area contributed by atoms with E-state index in [2.05, 4.69) is 55.4 Å². The number of aliphatic hydroxyl groups excluding tert-OH is 1. The predicted molar refractivity (Wildman–Crippen MR) is 409 cm³/mol. The molecule has 4 unspecified atom stereocenters. The third kappa shape index (κ3) is 71.7. The summed E-state index contributed by atoms with van der Waals surface area (Å²) in [5, 5.41) is 10.6. The molecule has 0 aliphatic carbocycles. The van der Waals surface area contributed by atoms with E-state index < -0.39 is 97.5 Å². The molecule has 594 valence electrons. The number of phosphoric ester groups is 2. The zero-order valence-corrected chi connectivity index (χ0v) is 67.6. The van der Waals surface area contributed by atoms with Crippen molar-refractivity contribution in [1.29, 1.82) is 0 Å². The lowest BCUT2D eigenvalue weighted by Gasteiger charge is -2.21. The van der Waals surface area contributed by atoms with Gasteiger partial charge >= 0.3 is 39.5 Å². The average molecular weight is 1470 g/mol. The summed E-state index contributed by atoms with van der Waals surface area (Å²) >= 11 is 0. The molecule has 0 radical (unpaired) electrons. The van der Waals surface area contributed by atoms with Gasteiger partial charge in [0.1, 0.15) is 19.3 Å². The van der Waals surface area contributed by atoms with Gasteiger partial charge in [0.2, 0.25) is 0 Å². The van der Waals surface area contributed by atoms with Crippen molar-refractivity contribution in [3.63, 3.8) is 0 Å². The zero-order valence-electron chi connectivity index (χ0n) is 65.8. The molecule has 0 fully saturated rings. The third-order valence-electron chi connectivity index (χ3n) is 19.5. The van der Waals surface area contributed by atoms with Gasteiger partial charge in [-0.2, -0.15) is 0 Å². The number of carbonyl (C=O) groups excluding carboxylic acids is 4. The van der Waals surface area contributed by atoms with Gasteiger partial charge in [-0.3, -0.25) is 37.3 Å². The molecule has 100 heavy (non-hydrogen) atoms. The van der Waals surface area contributed by atoms with Gasteiger partial charge in [0, 0.05) is 25.7 Å². The fraction of sp³-hybridized carbons (Fsp3) is 0.951. The van der Waals surface area contributed by atoms with E-state index in [1.54, 1.807) is 0 Å². The number of phosphoric acid groups is 2. The first-order valence-electron chi connectivity index (χ1n) is 41.8. The van der Waals surface area contributed by atoms with Crippen molar-refractivity contribution >= 4 is 39.5 Å². The Morgan fingerprint density at radius 1 is 0.280 bits per heavy atom. The molecule has 17 nitrogen and oxygen atoms in total. The summed E-state index contributed by atoms with van der Waals surface area (Å²) in [6.45, 7) is 14.2. The van der Waals surface area contributed by atoms with Crippen molar-refractivity contribution in [3.8, 4) is 0 Å². The fourth-order valence-corrected chi connectivity index (χ4v) is 13.9. The van der Waals surface area contributed by atoms with Gasteiger partial charge in [0.25, 0.3) is 0 Å². The summed E-state index contributed by atoms with van der Waals surface area (Å²) in [6, 6.07) is 0. The van der Waals surface area contributed by atoms with Gasteiger partial charge in [0.05, 0.1) is 26.4 Å². The number of carbonyl (C=O) groups is 4. The summed E-state index contributed by atoms with van der Waals surface area (Å²) in [5.74, 6) is 0.964. The third-order valence-corrected chi connectivity index (χ3v) is 21.4. The lowest BCUT2D eigenvalue weighted by Crippen LogP contribution is -2.30. The van der Waals surface area contributed by atoms with Crippen LogP contribution in [0, 0.1) is 23.7 Å². The summed E-state index contributed by atoms with van der Waals surface area (Å²) in [5.41, 5.74) is 0. The molecular formula is C81H158O17P2. The van der Waals surface area contributed by atoms with Crippen LogP contribution in [0.1, 0.15) is 415 Å². The van der Waals surface area contributed by atoms with E-state index in [9.17, 15) is 43.2 Å². The SMILES string of the molecule is CCC(C)CCCCCCCCC(=O)OC[C@H](COP(=O)(O)OC[C@H](O)COP(=O)(O)OC[C@@H](COC(=O)CCCCCCCCCCCCCCCCCCCCC(C)C)OC(=O)CCCCCCCCC(C)CC)OC(=O)CCCCCCCCCCCCCCCCCCC(C)C. The van der Waals surface area contributed by atoms with E-state index in [1.807, 2.05) is 0 Å². The molecule has 0 aromatic rings. The molecule has 3 N–H and O–H groups in total. The van der Waals surface area contributed by atoms with Crippen molar-refractivity contribution in [2.45, 2.75) is 433 Å². The van der Waals surface area contributed by atoms with Gasteiger partial charge in [-0.15, -0.1) is 0 Å². The molecule has 0 heterocycles. The molecule has 0 rings (SSSR count). The van der Waals surface area contributed by atoms with Crippen LogP contribution < -0.4 is 0 Å². The first kappa shape index (κ1) is 98.1. The van der Waals surface area contributed by atoms with Crippen LogP contribution in [-0.2, 0) is 65.4 Å². The second-order valence-electron chi connectivity index (χ2n) is 30.6. The molecule has 0 amide bonds. The highest BCUT2D eigenvalue weighted by atomic mass is 31.2. The van der Waals surface area contributed by atoms with Crippen LogP contribution in [0.3, 0.4) is 0 Å². The van der Waals surface area contributed by atoms with Crippen LogP contribution in [0.2, 0.25) is 0 Å². The number of ether oxygens (including phenoxy) is 4. The minimum atomic E-state index is -4.96. The van der Waals surface area contributed by atoms with E-state index in [-0.39, 0.29) is 25.7 Å². The Labute approximate surface area is 613 Å². The molecule has 19 heteroatoms. The van der Waals surface area contributed by atoms with Crippen LogP contribution in [0.25, 0.3) is 0 Å². The molecule has 0 aliphatic heterocycles. The minimum Gasteiger partial charge on any atom is -0.462 e. The topological polar surface area (TPSA) is 237 Å². The maximum Gasteiger partial charge on any atom is 0.472 e. The highest BCUT2D eigenvalue weighted by Crippen LogP contribution is 2.45. The maximum absolute atomic E-state index is 13.1. The number of hydrogen-bond donors (Lipinski definition) is 3. The van der Waals surface area contributed by atoms with Crippen molar-refractivity contribution in [1.82, 2.24) is 0 Å².